The van der Waals surface area contributed by atoms with Crippen molar-refractivity contribution in [3.05, 3.63) is 0 Å². The van der Waals surface area contributed by atoms with Crippen LogP contribution in [0.2, 0.25) is 0 Å². The van der Waals surface area contributed by atoms with Gasteiger partial charge in [0, 0.05) is 12.5 Å². The molecule has 1 saturated heterocycles. The predicted molar refractivity (Wildman–Crippen MR) is 49.3 cm³/mol. The van der Waals surface area contributed by atoms with Crippen LogP contribution in [-0.4, -0.2) is 25.2 Å². The monoisotopic (exact) mass is 183 g/mol. The molecule has 0 aromatic carbocycles. The second-order valence-electron chi connectivity index (χ2n) is 4.24. The molecule has 1 heterocycles. The zero-order chi connectivity index (χ0) is 9.26. The number of rotatable bonds is 2. The number of carbonyl (C=O) groups excluding carboxylic acids is 1. The van der Waals surface area contributed by atoms with Gasteiger partial charge in [-0.25, -0.2) is 0 Å². The number of amides is 1. The van der Waals surface area contributed by atoms with E-state index in [1.807, 2.05) is 0 Å². The van der Waals surface area contributed by atoms with Crippen LogP contribution in [0.3, 0.4) is 0 Å². The fourth-order valence-electron chi connectivity index (χ4n) is 1.85. The van der Waals surface area contributed by atoms with E-state index in [-0.39, 0.29) is 11.9 Å². The van der Waals surface area contributed by atoms with Crippen LogP contribution in [0.1, 0.15) is 26.2 Å². The Morgan fingerprint density at radius 3 is 2.85 bits per heavy atom. The summed E-state index contributed by atoms with van der Waals surface area (Å²) in [7, 11) is 0. The SMILES string of the molecule is CC1CC1C(=O)N[C@@H]1CCCOC1. The van der Waals surface area contributed by atoms with Gasteiger partial charge in [0.2, 0.25) is 5.91 Å². The molecule has 2 fully saturated rings. The van der Waals surface area contributed by atoms with E-state index in [0.717, 1.165) is 25.9 Å². The Labute approximate surface area is 78.8 Å². The molecule has 1 amide bonds. The maximum absolute atomic E-state index is 11.5. The third-order valence-electron chi connectivity index (χ3n) is 2.95. The van der Waals surface area contributed by atoms with Crippen molar-refractivity contribution in [1.82, 2.24) is 5.32 Å². The van der Waals surface area contributed by atoms with E-state index in [1.165, 1.54) is 0 Å². The highest BCUT2D eigenvalue weighted by molar-refractivity contribution is 5.81. The van der Waals surface area contributed by atoms with Crippen molar-refractivity contribution in [3.63, 3.8) is 0 Å². The Kier molecular flexibility index (Phi) is 2.54. The highest BCUT2D eigenvalue weighted by Crippen LogP contribution is 2.37. The second kappa shape index (κ2) is 3.66. The number of carbonyl (C=O) groups is 1. The summed E-state index contributed by atoms with van der Waals surface area (Å²) < 4.78 is 5.30. The molecule has 1 saturated carbocycles. The normalized spacial score (nSPS) is 38.4. The van der Waals surface area contributed by atoms with Gasteiger partial charge in [-0.15, -0.1) is 0 Å². The molecule has 0 spiro atoms. The first-order valence-electron chi connectivity index (χ1n) is 5.15. The summed E-state index contributed by atoms with van der Waals surface area (Å²) in [6, 6.07) is 0.272. The van der Waals surface area contributed by atoms with Crippen molar-refractivity contribution in [2.24, 2.45) is 11.8 Å². The van der Waals surface area contributed by atoms with Gasteiger partial charge in [0.05, 0.1) is 12.6 Å². The lowest BCUT2D eigenvalue weighted by Gasteiger charge is -2.23. The largest absolute Gasteiger partial charge is 0.379 e. The Morgan fingerprint density at radius 1 is 1.54 bits per heavy atom. The van der Waals surface area contributed by atoms with E-state index in [0.29, 0.717) is 18.4 Å². The lowest BCUT2D eigenvalue weighted by Crippen LogP contribution is -2.41. The van der Waals surface area contributed by atoms with Gasteiger partial charge in [-0.05, 0) is 25.2 Å². The van der Waals surface area contributed by atoms with E-state index in [4.69, 9.17) is 4.74 Å². The molecule has 3 atom stereocenters. The van der Waals surface area contributed by atoms with Crippen LogP contribution in [0.25, 0.3) is 0 Å². The molecule has 1 aliphatic carbocycles. The van der Waals surface area contributed by atoms with E-state index in [2.05, 4.69) is 12.2 Å². The fourth-order valence-corrected chi connectivity index (χ4v) is 1.85. The maximum Gasteiger partial charge on any atom is 0.223 e. The van der Waals surface area contributed by atoms with E-state index in [1.54, 1.807) is 0 Å². The molecule has 0 aromatic rings. The van der Waals surface area contributed by atoms with Crippen LogP contribution in [0.4, 0.5) is 0 Å². The van der Waals surface area contributed by atoms with Crippen molar-refractivity contribution in [3.8, 4) is 0 Å². The molecule has 3 heteroatoms. The highest BCUT2D eigenvalue weighted by Gasteiger charge is 2.39. The molecule has 0 aromatic heterocycles. The minimum absolute atomic E-state index is 0.239. The summed E-state index contributed by atoms with van der Waals surface area (Å²) in [5.74, 6) is 1.13. The smallest absolute Gasteiger partial charge is 0.223 e. The lowest BCUT2D eigenvalue weighted by atomic mass is 10.1. The summed E-state index contributed by atoms with van der Waals surface area (Å²) in [5.41, 5.74) is 0. The zero-order valence-corrected chi connectivity index (χ0v) is 8.08. The van der Waals surface area contributed by atoms with E-state index < -0.39 is 0 Å². The Morgan fingerprint density at radius 2 is 2.31 bits per heavy atom. The van der Waals surface area contributed by atoms with Gasteiger partial charge < -0.3 is 10.1 Å². The topological polar surface area (TPSA) is 38.3 Å². The molecule has 0 radical (unpaired) electrons. The first-order chi connectivity index (χ1) is 6.27. The average Bonchev–Trinajstić information content (AvgIpc) is 2.84. The standard InChI is InChI=1S/C10H17NO2/c1-7-5-9(7)10(12)11-8-3-2-4-13-6-8/h7-9H,2-6H2,1H3,(H,11,12)/t7?,8-,9?/m1/s1. The molecule has 2 aliphatic rings. The molecule has 1 aliphatic heterocycles. The molecule has 3 nitrogen and oxygen atoms in total. The lowest BCUT2D eigenvalue weighted by molar-refractivity contribution is -0.124. The minimum atomic E-state index is 0.239. The summed E-state index contributed by atoms with van der Waals surface area (Å²) >= 11 is 0. The molecule has 1 N–H and O–H groups in total. The number of hydrogen-bond donors (Lipinski definition) is 1. The molecular weight excluding hydrogens is 166 g/mol. The van der Waals surface area contributed by atoms with Crippen LogP contribution in [0, 0.1) is 11.8 Å². The molecule has 2 unspecified atom stereocenters. The molecule has 74 valence electrons. The van der Waals surface area contributed by atoms with Gasteiger partial charge in [0.1, 0.15) is 0 Å². The highest BCUT2D eigenvalue weighted by atomic mass is 16.5. The summed E-state index contributed by atoms with van der Waals surface area (Å²) in [6.07, 6.45) is 3.22. The molecule has 2 rings (SSSR count). The Balaban J connectivity index is 1.73. The Bertz CT molecular complexity index is 199. The predicted octanol–water partition coefficient (Wildman–Crippen LogP) is 0.938. The first kappa shape index (κ1) is 9.00. The van der Waals surface area contributed by atoms with Gasteiger partial charge in [0.25, 0.3) is 0 Å². The minimum Gasteiger partial charge on any atom is -0.379 e. The maximum atomic E-state index is 11.5. The van der Waals surface area contributed by atoms with Crippen molar-refractivity contribution < 1.29 is 9.53 Å². The van der Waals surface area contributed by atoms with Crippen LogP contribution >= 0.6 is 0 Å². The summed E-state index contributed by atoms with van der Waals surface area (Å²) in [6.45, 7) is 3.68. The number of hydrogen-bond acceptors (Lipinski definition) is 2. The Hall–Kier alpha value is -0.570. The van der Waals surface area contributed by atoms with Crippen molar-refractivity contribution in [2.45, 2.75) is 32.2 Å². The summed E-state index contributed by atoms with van der Waals surface area (Å²) in [4.78, 5) is 11.5. The molecule has 13 heavy (non-hydrogen) atoms. The third kappa shape index (κ3) is 2.21. The van der Waals surface area contributed by atoms with Crippen molar-refractivity contribution in [1.29, 1.82) is 0 Å². The molecule has 0 bridgehead atoms. The third-order valence-corrected chi connectivity index (χ3v) is 2.95. The van der Waals surface area contributed by atoms with Crippen LogP contribution in [0.15, 0.2) is 0 Å². The van der Waals surface area contributed by atoms with Gasteiger partial charge in [-0.2, -0.15) is 0 Å². The van der Waals surface area contributed by atoms with Crippen LogP contribution in [0.5, 0.6) is 0 Å². The van der Waals surface area contributed by atoms with Gasteiger partial charge >= 0.3 is 0 Å². The molecular formula is C10H17NO2. The van der Waals surface area contributed by atoms with E-state index >= 15 is 0 Å². The van der Waals surface area contributed by atoms with Gasteiger partial charge in [-0.1, -0.05) is 6.92 Å². The zero-order valence-electron chi connectivity index (χ0n) is 8.08. The fraction of sp³-hybridized carbons (Fsp3) is 0.900. The summed E-state index contributed by atoms with van der Waals surface area (Å²) in [5, 5.41) is 3.05. The van der Waals surface area contributed by atoms with Gasteiger partial charge in [0.15, 0.2) is 0 Å². The van der Waals surface area contributed by atoms with E-state index in [9.17, 15) is 4.79 Å². The van der Waals surface area contributed by atoms with Crippen LogP contribution < -0.4 is 5.32 Å². The van der Waals surface area contributed by atoms with Gasteiger partial charge in [-0.3, -0.25) is 4.79 Å². The first-order valence-corrected chi connectivity index (χ1v) is 5.15. The van der Waals surface area contributed by atoms with Crippen molar-refractivity contribution in [2.75, 3.05) is 13.2 Å². The van der Waals surface area contributed by atoms with Crippen molar-refractivity contribution >= 4 is 5.91 Å². The van der Waals surface area contributed by atoms with Crippen LogP contribution in [-0.2, 0) is 9.53 Å². The average molecular weight is 183 g/mol. The second-order valence-corrected chi connectivity index (χ2v) is 4.24. The quantitative estimate of drug-likeness (QED) is 0.692. The number of nitrogens with one attached hydrogen (secondary N) is 1. The number of ether oxygens (including phenoxy) is 1.